The van der Waals surface area contributed by atoms with Crippen LogP contribution in [-0.2, 0) is 9.59 Å². The van der Waals surface area contributed by atoms with Gasteiger partial charge in [-0.1, -0.05) is 13.8 Å². The number of aromatic amines is 1. The number of rotatable bonds is 5. The molecule has 0 bridgehead atoms. The van der Waals surface area contributed by atoms with E-state index in [2.05, 4.69) is 15.6 Å². The number of nitrogens with one attached hydrogen (secondary N) is 3. The number of carbonyl (C=O) groups excluding carboxylic acids is 2. The molecule has 3 N–H and O–H groups in total. The maximum Gasteiger partial charge on any atom is 0.256 e. The van der Waals surface area contributed by atoms with E-state index in [0.717, 1.165) is 29.8 Å². The Morgan fingerprint density at radius 2 is 2.04 bits per heavy atom. The van der Waals surface area contributed by atoms with E-state index in [9.17, 15) is 9.59 Å². The van der Waals surface area contributed by atoms with Crippen LogP contribution in [0.2, 0.25) is 0 Å². The van der Waals surface area contributed by atoms with Gasteiger partial charge in [0.25, 0.3) is 5.91 Å². The molecule has 5 nitrogen and oxygen atoms in total. The summed E-state index contributed by atoms with van der Waals surface area (Å²) in [5.74, 6) is -0.109. The van der Waals surface area contributed by atoms with Crippen molar-refractivity contribution < 1.29 is 9.59 Å². The van der Waals surface area contributed by atoms with E-state index < -0.39 is 0 Å². The molecule has 0 unspecified atom stereocenters. The SMILES string of the molecule is CCC(CC)C(=O)Nc1ccc2c(c1)/C(=C/c1ccc[nH]1)C(=O)N2. The van der Waals surface area contributed by atoms with Gasteiger partial charge in [-0.05, 0) is 49.2 Å². The average molecular weight is 323 g/mol. The highest BCUT2D eigenvalue weighted by Gasteiger charge is 2.25. The predicted molar refractivity (Wildman–Crippen MR) is 96.4 cm³/mol. The highest BCUT2D eigenvalue weighted by Crippen LogP contribution is 2.35. The first-order valence-electron chi connectivity index (χ1n) is 8.24. The number of amides is 2. The van der Waals surface area contributed by atoms with Gasteiger partial charge in [-0.25, -0.2) is 0 Å². The molecule has 1 aliphatic rings. The number of fused-ring (bicyclic) bond motifs is 1. The molecule has 1 aliphatic heterocycles. The fourth-order valence-corrected chi connectivity index (χ4v) is 2.90. The van der Waals surface area contributed by atoms with E-state index in [0.29, 0.717) is 11.3 Å². The van der Waals surface area contributed by atoms with E-state index in [-0.39, 0.29) is 17.7 Å². The first-order valence-corrected chi connectivity index (χ1v) is 8.24. The molecule has 1 aromatic heterocycles. The van der Waals surface area contributed by atoms with Gasteiger partial charge in [0.05, 0.1) is 5.57 Å². The molecule has 0 saturated carbocycles. The van der Waals surface area contributed by atoms with Crippen molar-refractivity contribution in [1.82, 2.24) is 4.98 Å². The van der Waals surface area contributed by atoms with Crippen LogP contribution in [0.5, 0.6) is 0 Å². The lowest BCUT2D eigenvalue weighted by molar-refractivity contribution is -0.120. The number of H-pyrrole nitrogens is 1. The third kappa shape index (κ3) is 3.11. The van der Waals surface area contributed by atoms with Crippen LogP contribution in [0.1, 0.15) is 37.9 Å². The van der Waals surface area contributed by atoms with Crippen LogP contribution < -0.4 is 10.6 Å². The maximum atomic E-state index is 12.3. The Kier molecular flexibility index (Phi) is 4.51. The van der Waals surface area contributed by atoms with Gasteiger partial charge < -0.3 is 15.6 Å². The van der Waals surface area contributed by atoms with Crippen molar-refractivity contribution in [2.24, 2.45) is 5.92 Å². The van der Waals surface area contributed by atoms with Crippen LogP contribution >= 0.6 is 0 Å². The largest absolute Gasteiger partial charge is 0.362 e. The molecule has 0 aliphatic carbocycles. The topological polar surface area (TPSA) is 74.0 Å². The minimum absolute atomic E-state index is 0.00643. The summed E-state index contributed by atoms with van der Waals surface area (Å²) >= 11 is 0. The first kappa shape index (κ1) is 16.1. The average Bonchev–Trinajstić information content (AvgIpc) is 3.18. The van der Waals surface area contributed by atoms with Crippen molar-refractivity contribution in [3.05, 3.63) is 47.8 Å². The summed E-state index contributed by atoms with van der Waals surface area (Å²) < 4.78 is 0. The highest BCUT2D eigenvalue weighted by atomic mass is 16.2. The molecule has 5 heteroatoms. The fourth-order valence-electron chi connectivity index (χ4n) is 2.90. The molecule has 0 spiro atoms. The molecular weight excluding hydrogens is 302 g/mol. The normalized spacial score (nSPS) is 14.8. The summed E-state index contributed by atoms with van der Waals surface area (Å²) in [6.45, 7) is 4.02. The second-order valence-corrected chi connectivity index (χ2v) is 5.90. The molecule has 124 valence electrons. The van der Waals surface area contributed by atoms with Gasteiger partial charge >= 0.3 is 0 Å². The molecule has 2 aromatic rings. The van der Waals surface area contributed by atoms with Crippen molar-refractivity contribution in [2.75, 3.05) is 10.6 Å². The minimum Gasteiger partial charge on any atom is -0.362 e. The Bertz CT molecular complexity index is 787. The molecule has 0 saturated heterocycles. The Morgan fingerprint density at radius 1 is 1.25 bits per heavy atom. The molecule has 24 heavy (non-hydrogen) atoms. The summed E-state index contributed by atoms with van der Waals surface area (Å²) in [5.41, 5.74) is 3.72. The monoisotopic (exact) mass is 323 g/mol. The van der Waals surface area contributed by atoms with E-state index >= 15 is 0 Å². The van der Waals surface area contributed by atoms with Gasteiger partial charge in [0.1, 0.15) is 0 Å². The van der Waals surface area contributed by atoms with Crippen LogP contribution in [0.15, 0.2) is 36.5 Å². The standard InChI is InChI=1S/C19H21N3O2/c1-3-12(4-2)18(23)21-14-7-8-17-15(11-14)16(19(24)22-17)10-13-6-5-9-20-13/h5-12,20H,3-4H2,1-2H3,(H,21,23)(H,22,24)/b16-10-. The third-order valence-electron chi connectivity index (χ3n) is 4.35. The summed E-state index contributed by atoms with van der Waals surface area (Å²) in [7, 11) is 0. The molecule has 0 radical (unpaired) electrons. The molecule has 2 heterocycles. The van der Waals surface area contributed by atoms with Gasteiger partial charge in [0.15, 0.2) is 0 Å². The van der Waals surface area contributed by atoms with Crippen molar-refractivity contribution in [3.63, 3.8) is 0 Å². The minimum atomic E-state index is -0.136. The van der Waals surface area contributed by atoms with E-state index in [1.165, 1.54) is 0 Å². The summed E-state index contributed by atoms with van der Waals surface area (Å²) in [5, 5.41) is 5.81. The maximum absolute atomic E-state index is 12.3. The second-order valence-electron chi connectivity index (χ2n) is 5.90. The zero-order valence-corrected chi connectivity index (χ0v) is 13.8. The van der Waals surface area contributed by atoms with Crippen LogP contribution in [0, 0.1) is 5.92 Å². The van der Waals surface area contributed by atoms with Crippen molar-refractivity contribution in [2.45, 2.75) is 26.7 Å². The van der Waals surface area contributed by atoms with Gasteiger partial charge in [-0.2, -0.15) is 0 Å². The summed E-state index contributed by atoms with van der Waals surface area (Å²) in [6, 6.07) is 9.27. The molecule has 1 aromatic carbocycles. The smallest absolute Gasteiger partial charge is 0.256 e. The Morgan fingerprint density at radius 3 is 2.71 bits per heavy atom. The Balaban J connectivity index is 1.89. The number of hydrogen-bond donors (Lipinski definition) is 3. The van der Waals surface area contributed by atoms with Crippen LogP contribution in [0.25, 0.3) is 11.6 Å². The van der Waals surface area contributed by atoms with Gasteiger partial charge in [0, 0.05) is 34.7 Å². The van der Waals surface area contributed by atoms with Gasteiger partial charge in [-0.15, -0.1) is 0 Å². The van der Waals surface area contributed by atoms with Gasteiger partial charge in [-0.3, -0.25) is 9.59 Å². The van der Waals surface area contributed by atoms with E-state index in [1.54, 1.807) is 0 Å². The predicted octanol–water partition coefficient (Wildman–Crippen LogP) is 3.88. The lowest BCUT2D eigenvalue weighted by Gasteiger charge is -2.13. The van der Waals surface area contributed by atoms with Crippen molar-refractivity contribution in [1.29, 1.82) is 0 Å². The fraction of sp³-hybridized carbons (Fsp3) is 0.263. The molecule has 3 rings (SSSR count). The van der Waals surface area contributed by atoms with E-state index in [4.69, 9.17) is 0 Å². The summed E-state index contributed by atoms with van der Waals surface area (Å²) in [6.07, 6.45) is 5.25. The van der Waals surface area contributed by atoms with Crippen molar-refractivity contribution >= 4 is 34.8 Å². The number of carbonyl (C=O) groups is 2. The summed E-state index contributed by atoms with van der Waals surface area (Å²) in [4.78, 5) is 27.5. The van der Waals surface area contributed by atoms with Crippen LogP contribution in [0.3, 0.4) is 0 Å². The highest BCUT2D eigenvalue weighted by molar-refractivity contribution is 6.35. The molecule has 2 amide bonds. The molecule has 0 atom stereocenters. The van der Waals surface area contributed by atoms with Crippen molar-refractivity contribution in [3.8, 4) is 0 Å². The first-order chi connectivity index (χ1) is 11.6. The number of hydrogen-bond acceptors (Lipinski definition) is 2. The second kappa shape index (κ2) is 6.74. The van der Waals surface area contributed by atoms with Gasteiger partial charge in [0.2, 0.25) is 5.91 Å². The molecule has 0 fully saturated rings. The van der Waals surface area contributed by atoms with E-state index in [1.807, 2.05) is 56.5 Å². The quantitative estimate of drug-likeness (QED) is 0.730. The number of aromatic nitrogens is 1. The Labute approximate surface area is 141 Å². The Hall–Kier alpha value is -2.82. The van der Waals surface area contributed by atoms with Crippen LogP contribution in [-0.4, -0.2) is 16.8 Å². The zero-order chi connectivity index (χ0) is 17.1. The lowest BCUT2D eigenvalue weighted by Crippen LogP contribution is -2.21. The number of benzene rings is 1. The number of anilines is 2. The molecular formula is C19H21N3O2. The van der Waals surface area contributed by atoms with Crippen LogP contribution in [0.4, 0.5) is 11.4 Å². The third-order valence-corrected chi connectivity index (χ3v) is 4.35. The zero-order valence-electron chi connectivity index (χ0n) is 13.8. The lowest BCUT2D eigenvalue weighted by atomic mass is 10.0.